The summed E-state index contributed by atoms with van der Waals surface area (Å²) in [4.78, 5) is 5.23. The Bertz CT molecular complexity index is 1030. The Labute approximate surface area is 173 Å². The molecule has 0 bridgehead atoms. The fourth-order valence-electron chi connectivity index (χ4n) is 4.49. The zero-order chi connectivity index (χ0) is 19.5. The molecule has 0 saturated carbocycles. The van der Waals surface area contributed by atoms with E-state index in [1.165, 1.54) is 27.5 Å². The van der Waals surface area contributed by atoms with E-state index in [-0.39, 0.29) is 0 Å². The van der Waals surface area contributed by atoms with Gasteiger partial charge in [-0.3, -0.25) is 9.80 Å². The van der Waals surface area contributed by atoms with Crippen molar-refractivity contribution in [2.24, 2.45) is 0 Å². The van der Waals surface area contributed by atoms with Crippen LogP contribution >= 0.6 is 0 Å². The maximum Gasteiger partial charge on any atom is 0.0893 e. The van der Waals surface area contributed by atoms with Crippen molar-refractivity contribution in [3.05, 3.63) is 120 Å². The van der Waals surface area contributed by atoms with E-state index in [2.05, 4.69) is 113 Å². The summed E-state index contributed by atoms with van der Waals surface area (Å²) in [5, 5.41) is 2.62. The van der Waals surface area contributed by atoms with Crippen molar-refractivity contribution in [1.29, 1.82) is 0 Å². The molecule has 4 aromatic carbocycles. The molecule has 2 heteroatoms. The highest BCUT2D eigenvalue weighted by Crippen LogP contribution is 2.34. The van der Waals surface area contributed by atoms with Crippen LogP contribution in [0.25, 0.3) is 10.8 Å². The standard InChI is InChI=1S/C27H26N2/c1-3-9-22(10-4-1)20-28-17-18-29(21-23-11-5-2-6-12-23)27(28)26-16-15-24-13-7-8-14-25(24)19-26/h1-16,19,27H,17-18,20-21H2. The number of hydrogen-bond donors (Lipinski definition) is 0. The summed E-state index contributed by atoms with van der Waals surface area (Å²) < 4.78 is 0. The number of nitrogens with zero attached hydrogens (tertiary/aromatic N) is 2. The number of benzene rings is 4. The van der Waals surface area contributed by atoms with Crippen LogP contribution in [0.5, 0.6) is 0 Å². The average Bonchev–Trinajstić information content (AvgIpc) is 3.16. The second-order valence-electron chi connectivity index (χ2n) is 7.89. The van der Waals surface area contributed by atoms with Crippen molar-refractivity contribution in [1.82, 2.24) is 9.80 Å². The highest BCUT2D eigenvalue weighted by molar-refractivity contribution is 5.83. The van der Waals surface area contributed by atoms with Gasteiger partial charge in [-0.25, -0.2) is 0 Å². The van der Waals surface area contributed by atoms with Crippen LogP contribution in [0.1, 0.15) is 22.9 Å². The molecular formula is C27H26N2. The summed E-state index contributed by atoms with van der Waals surface area (Å²) in [7, 11) is 0. The first kappa shape index (κ1) is 18.1. The number of rotatable bonds is 5. The Morgan fingerprint density at radius 1 is 0.552 bits per heavy atom. The summed E-state index contributed by atoms with van der Waals surface area (Å²) in [5.74, 6) is 0. The van der Waals surface area contributed by atoms with Gasteiger partial charge >= 0.3 is 0 Å². The first-order chi connectivity index (χ1) is 14.4. The van der Waals surface area contributed by atoms with Gasteiger partial charge < -0.3 is 0 Å². The number of hydrogen-bond acceptors (Lipinski definition) is 2. The van der Waals surface area contributed by atoms with Gasteiger partial charge in [0.2, 0.25) is 0 Å². The molecule has 0 unspecified atom stereocenters. The van der Waals surface area contributed by atoms with Gasteiger partial charge in [-0.1, -0.05) is 97.1 Å². The van der Waals surface area contributed by atoms with Gasteiger partial charge in [0.25, 0.3) is 0 Å². The topological polar surface area (TPSA) is 6.48 Å². The molecule has 0 spiro atoms. The summed E-state index contributed by atoms with van der Waals surface area (Å²) in [6.45, 7) is 4.12. The predicted octanol–water partition coefficient (Wildman–Crippen LogP) is 5.86. The third kappa shape index (κ3) is 3.95. The van der Waals surface area contributed by atoms with Gasteiger partial charge in [0.15, 0.2) is 0 Å². The van der Waals surface area contributed by atoms with Crippen molar-refractivity contribution < 1.29 is 0 Å². The van der Waals surface area contributed by atoms with E-state index in [1.54, 1.807) is 0 Å². The smallest absolute Gasteiger partial charge is 0.0893 e. The lowest BCUT2D eigenvalue weighted by Crippen LogP contribution is -2.30. The minimum absolute atomic E-state index is 0.292. The normalized spacial score (nSPS) is 15.9. The van der Waals surface area contributed by atoms with E-state index in [0.29, 0.717) is 6.17 Å². The molecule has 0 aliphatic carbocycles. The molecular weight excluding hydrogens is 352 g/mol. The fraction of sp³-hybridized carbons (Fsp3) is 0.185. The van der Waals surface area contributed by atoms with Crippen molar-refractivity contribution in [3.8, 4) is 0 Å². The van der Waals surface area contributed by atoms with E-state index in [1.807, 2.05) is 0 Å². The van der Waals surface area contributed by atoms with Crippen LogP contribution in [0, 0.1) is 0 Å². The van der Waals surface area contributed by atoms with Crippen LogP contribution in [-0.2, 0) is 13.1 Å². The summed E-state index contributed by atoms with van der Waals surface area (Å²) in [5.41, 5.74) is 4.13. The molecule has 0 aromatic heterocycles. The van der Waals surface area contributed by atoms with Crippen LogP contribution in [0.15, 0.2) is 103 Å². The Morgan fingerprint density at radius 3 is 1.66 bits per heavy atom. The Kier molecular flexibility index (Phi) is 5.12. The average molecular weight is 379 g/mol. The van der Waals surface area contributed by atoms with E-state index in [9.17, 15) is 0 Å². The lowest BCUT2D eigenvalue weighted by molar-refractivity contribution is 0.126. The van der Waals surface area contributed by atoms with Crippen LogP contribution in [0.4, 0.5) is 0 Å². The maximum absolute atomic E-state index is 2.61. The highest BCUT2D eigenvalue weighted by atomic mass is 15.4. The van der Waals surface area contributed by atoms with E-state index < -0.39 is 0 Å². The molecule has 0 amide bonds. The van der Waals surface area contributed by atoms with Crippen LogP contribution in [-0.4, -0.2) is 22.9 Å². The third-order valence-corrected chi connectivity index (χ3v) is 5.89. The molecule has 144 valence electrons. The molecule has 1 heterocycles. The van der Waals surface area contributed by atoms with Gasteiger partial charge in [0.05, 0.1) is 6.17 Å². The first-order valence-electron chi connectivity index (χ1n) is 10.4. The monoisotopic (exact) mass is 378 g/mol. The zero-order valence-electron chi connectivity index (χ0n) is 16.6. The van der Waals surface area contributed by atoms with Gasteiger partial charge in [-0.2, -0.15) is 0 Å². The SMILES string of the molecule is c1ccc(CN2CCN(Cc3ccccc3)C2c2ccc3ccccc3c2)cc1. The van der Waals surface area contributed by atoms with Gasteiger partial charge in [-0.15, -0.1) is 0 Å². The van der Waals surface area contributed by atoms with E-state index in [0.717, 1.165) is 26.2 Å². The molecule has 1 fully saturated rings. The predicted molar refractivity (Wildman–Crippen MR) is 120 cm³/mol. The van der Waals surface area contributed by atoms with Crippen LogP contribution < -0.4 is 0 Å². The van der Waals surface area contributed by atoms with Gasteiger partial charge in [0, 0.05) is 26.2 Å². The second kappa shape index (κ2) is 8.20. The van der Waals surface area contributed by atoms with Gasteiger partial charge in [-0.05, 0) is 33.5 Å². The lowest BCUT2D eigenvalue weighted by atomic mass is 10.0. The summed E-state index contributed by atoms with van der Waals surface area (Å²) >= 11 is 0. The quantitative estimate of drug-likeness (QED) is 0.429. The van der Waals surface area contributed by atoms with Gasteiger partial charge in [0.1, 0.15) is 0 Å². The lowest BCUT2D eigenvalue weighted by Gasteiger charge is -2.31. The van der Waals surface area contributed by atoms with Crippen molar-refractivity contribution in [2.45, 2.75) is 19.3 Å². The maximum atomic E-state index is 2.61. The molecule has 0 atom stereocenters. The molecule has 0 N–H and O–H groups in total. The molecule has 0 radical (unpaired) electrons. The second-order valence-corrected chi connectivity index (χ2v) is 7.89. The summed E-state index contributed by atoms with van der Waals surface area (Å²) in [6, 6.07) is 37.3. The Balaban J connectivity index is 1.49. The fourth-order valence-corrected chi connectivity index (χ4v) is 4.49. The largest absolute Gasteiger partial charge is 0.279 e. The van der Waals surface area contributed by atoms with E-state index in [4.69, 9.17) is 0 Å². The zero-order valence-corrected chi connectivity index (χ0v) is 16.6. The van der Waals surface area contributed by atoms with E-state index >= 15 is 0 Å². The molecule has 5 rings (SSSR count). The minimum Gasteiger partial charge on any atom is -0.279 e. The number of fused-ring (bicyclic) bond motifs is 1. The molecule has 1 aliphatic heterocycles. The Morgan fingerprint density at radius 2 is 1.07 bits per heavy atom. The minimum atomic E-state index is 0.292. The molecule has 1 saturated heterocycles. The van der Waals surface area contributed by atoms with Crippen LogP contribution in [0.3, 0.4) is 0 Å². The molecule has 29 heavy (non-hydrogen) atoms. The third-order valence-electron chi connectivity index (χ3n) is 5.89. The van der Waals surface area contributed by atoms with Crippen molar-refractivity contribution >= 4 is 10.8 Å². The Hall–Kier alpha value is -2.94. The highest BCUT2D eigenvalue weighted by Gasteiger charge is 2.33. The van der Waals surface area contributed by atoms with Crippen LogP contribution in [0.2, 0.25) is 0 Å². The summed E-state index contributed by atoms with van der Waals surface area (Å²) in [6.07, 6.45) is 0.292. The molecule has 1 aliphatic rings. The molecule has 2 nitrogen and oxygen atoms in total. The van der Waals surface area contributed by atoms with Crippen molar-refractivity contribution in [2.75, 3.05) is 13.1 Å². The van der Waals surface area contributed by atoms with Crippen molar-refractivity contribution in [3.63, 3.8) is 0 Å². The first-order valence-corrected chi connectivity index (χ1v) is 10.4. The molecule has 4 aromatic rings.